The van der Waals surface area contributed by atoms with Gasteiger partial charge in [0.05, 0.1) is 0 Å². The minimum absolute atomic E-state index is 0.100. The molecule has 0 radical (unpaired) electrons. The fourth-order valence-corrected chi connectivity index (χ4v) is 3.59. The van der Waals surface area contributed by atoms with E-state index >= 15 is 0 Å². The highest BCUT2D eigenvalue weighted by Crippen LogP contribution is 2.23. The van der Waals surface area contributed by atoms with E-state index in [9.17, 15) is 0 Å². The number of nitrogens with zero attached hydrogens (tertiary/aromatic N) is 3. The number of benzene rings is 4. The van der Waals surface area contributed by atoms with Crippen molar-refractivity contribution in [1.29, 1.82) is 0 Å². The van der Waals surface area contributed by atoms with E-state index < -0.39 is 0 Å². The Morgan fingerprint density at radius 1 is 0.594 bits per heavy atom. The summed E-state index contributed by atoms with van der Waals surface area (Å²) in [4.78, 5) is 13.4. The van der Waals surface area contributed by atoms with Gasteiger partial charge in [-0.15, -0.1) is 11.6 Å². The minimum Gasteiger partial charge on any atom is -0.250 e. The second kappa shape index (κ2) is 10.5. The summed E-state index contributed by atoms with van der Waals surface area (Å²) in [5, 5.41) is 0. The summed E-state index contributed by atoms with van der Waals surface area (Å²) in [5.74, 6) is 1.02. The summed E-state index contributed by atoms with van der Waals surface area (Å²) in [7, 11) is 0. The van der Waals surface area contributed by atoms with Gasteiger partial charge in [0.25, 0.3) is 0 Å². The van der Waals surface area contributed by atoms with Crippen molar-refractivity contribution in [3.8, 4) is 22.3 Å². The molecule has 0 N–H and O–H groups in total. The summed E-state index contributed by atoms with van der Waals surface area (Å²) in [6.45, 7) is 3.74. The fourth-order valence-electron chi connectivity index (χ4n) is 3.48. The maximum Gasteiger partial charge on any atom is 0.161 e. The summed E-state index contributed by atoms with van der Waals surface area (Å²) in [6, 6.07) is 36.7. The van der Waals surface area contributed by atoms with Crippen LogP contribution in [0.15, 0.2) is 124 Å². The zero-order valence-corrected chi connectivity index (χ0v) is 18.3. The molecule has 0 aromatic heterocycles. The predicted octanol–water partition coefficient (Wildman–Crippen LogP) is 7.11. The lowest BCUT2D eigenvalue weighted by Crippen LogP contribution is -2.05. The molecule has 4 heteroatoms. The molecular weight excluding hydrogens is 414 g/mol. The van der Waals surface area contributed by atoms with E-state index in [4.69, 9.17) is 16.6 Å². The largest absolute Gasteiger partial charge is 0.250 e. The third kappa shape index (κ3) is 5.08. The first-order chi connectivity index (χ1) is 15.8. The van der Waals surface area contributed by atoms with Crippen molar-refractivity contribution in [3.63, 3.8) is 0 Å². The van der Waals surface area contributed by atoms with Crippen LogP contribution in [0, 0.1) is 0 Å². The second-order valence-electron chi connectivity index (χ2n) is 7.09. The van der Waals surface area contributed by atoms with Crippen LogP contribution in [0.3, 0.4) is 0 Å². The summed E-state index contributed by atoms with van der Waals surface area (Å²) in [6.07, 6.45) is 0. The molecular formula is C28H22ClN3. The van der Waals surface area contributed by atoms with Gasteiger partial charge in [0.2, 0.25) is 0 Å². The van der Waals surface area contributed by atoms with Crippen LogP contribution in [0.4, 0.5) is 0 Å². The minimum atomic E-state index is 0.100. The number of aliphatic imine (C=N–C) groups is 3. The van der Waals surface area contributed by atoms with Gasteiger partial charge < -0.3 is 0 Å². The van der Waals surface area contributed by atoms with Crippen molar-refractivity contribution in [2.45, 2.75) is 0 Å². The molecule has 4 aromatic rings. The SMILES string of the molecule is C=NC(=N/C(=N\CCl)c1cccc(-c2ccccc2)c1)c1cccc(-c2ccccc2)c1. The van der Waals surface area contributed by atoms with Crippen LogP contribution >= 0.6 is 11.6 Å². The zero-order chi connectivity index (χ0) is 22.2. The summed E-state index contributed by atoms with van der Waals surface area (Å²) < 4.78 is 0. The number of amidine groups is 2. The summed E-state index contributed by atoms with van der Waals surface area (Å²) >= 11 is 5.98. The van der Waals surface area contributed by atoms with Crippen molar-refractivity contribution in [2.24, 2.45) is 15.0 Å². The van der Waals surface area contributed by atoms with E-state index in [1.165, 1.54) is 0 Å². The monoisotopic (exact) mass is 435 g/mol. The zero-order valence-electron chi connectivity index (χ0n) is 17.5. The van der Waals surface area contributed by atoms with Gasteiger partial charge in [0.15, 0.2) is 11.7 Å². The predicted molar refractivity (Wildman–Crippen MR) is 137 cm³/mol. The fraction of sp³-hybridized carbons (Fsp3) is 0.0357. The second-order valence-corrected chi connectivity index (χ2v) is 7.33. The van der Waals surface area contributed by atoms with E-state index in [-0.39, 0.29) is 6.00 Å². The average molecular weight is 436 g/mol. The van der Waals surface area contributed by atoms with Gasteiger partial charge in [-0.05, 0) is 41.1 Å². The van der Waals surface area contributed by atoms with Crippen molar-refractivity contribution in [3.05, 3.63) is 120 Å². The lowest BCUT2D eigenvalue weighted by Gasteiger charge is -2.08. The van der Waals surface area contributed by atoms with Crippen LogP contribution in [-0.4, -0.2) is 24.4 Å². The average Bonchev–Trinajstić information content (AvgIpc) is 2.88. The molecule has 0 aliphatic heterocycles. The molecule has 0 saturated carbocycles. The van der Waals surface area contributed by atoms with Crippen molar-refractivity contribution in [1.82, 2.24) is 0 Å². The van der Waals surface area contributed by atoms with Gasteiger partial charge in [-0.2, -0.15) is 0 Å². The van der Waals surface area contributed by atoms with E-state index in [1.807, 2.05) is 60.7 Å². The molecule has 0 spiro atoms. The first kappa shape index (κ1) is 21.4. The van der Waals surface area contributed by atoms with Crippen molar-refractivity contribution >= 4 is 30.0 Å². The van der Waals surface area contributed by atoms with E-state index in [2.05, 4.69) is 65.2 Å². The molecule has 0 aliphatic rings. The van der Waals surface area contributed by atoms with Crippen LogP contribution in [0.1, 0.15) is 11.1 Å². The Morgan fingerprint density at radius 3 is 1.53 bits per heavy atom. The van der Waals surface area contributed by atoms with E-state index in [0.717, 1.165) is 33.4 Å². The smallest absolute Gasteiger partial charge is 0.161 e. The molecule has 0 heterocycles. The molecule has 0 atom stereocenters. The number of rotatable bonds is 5. The number of hydrogen-bond donors (Lipinski definition) is 0. The molecule has 0 bridgehead atoms. The van der Waals surface area contributed by atoms with Gasteiger partial charge in [0.1, 0.15) is 6.00 Å². The molecule has 32 heavy (non-hydrogen) atoms. The molecule has 4 aromatic carbocycles. The van der Waals surface area contributed by atoms with Crippen LogP contribution in [0.2, 0.25) is 0 Å². The first-order valence-electron chi connectivity index (χ1n) is 10.3. The van der Waals surface area contributed by atoms with Crippen molar-refractivity contribution in [2.75, 3.05) is 6.00 Å². The lowest BCUT2D eigenvalue weighted by atomic mass is 10.0. The van der Waals surface area contributed by atoms with Gasteiger partial charge in [-0.25, -0.2) is 15.0 Å². The van der Waals surface area contributed by atoms with E-state index in [1.54, 1.807) is 0 Å². The number of hydrogen-bond acceptors (Lipinski definition) is 1. The maximum atomic E-state index is 5.98. The number of halogens is 1. The Hall–Kier alpha value is -3.82. The third-order valence-corrected chi connectivity index (χ3v) is 5.15. The molecule has 3 nitrogen and oxygen atoms in total. The summed E-state index contributed by atoms with van der Waals surface area (Å²) in [5.41, 5.74) is 6.15. The molecule has 0 amide bonds. The third-order valence-electron chi connectivity index (χ3n) is 5.03. The maximum absolute atomic E-state index is 5.98. The van der Waals surface area contributed by atoms with Gasteiger partial charge in [-0.1, -0.05) is 97.1 Å². The normalized spacial score (nSPS) is 11.9. The molecule has 4 rings (SSSR count). The standard InChI is InChI=1S/C28H22ClN3/c1-30-27(25-16-8-14-23(18-25)21-10-4-2-5-11-21)32-28(31-20-29)26-17-9-15-24(19-26)22-12-6-3-7-13-22/h2-19H,1,20H2/b31-28-,32-27?. The van der Waals surface area contributed by atoms with Gasteiger partial charge in [0, 0.05) is 11.1 Å². The molecule has 0 saturated heterocycles. The van der Waals surface area contributed by atoms with Crippen LogP contribution in [-0.2, 0) is 0 Å². The Labute approximate surface area is 193 Å². The molecule has 0 fully saturated rings. The first-order valence-corrected chi connectivity index (χ1v) is 10.8. The Bertz CT molecular complexity index is 1260. The Balaban J connectivity index is 1.73. The molecule has 0 unspecified atom stereocenters. The topological polar surface area (TPSA) is 37.1 Å². The highest BCUT2D eigenvalue weighted by molar-refractivity contribution is 6.19. The number of alkyl halides is 1. The Kier molecular flexibility index (Phi) is 7.01. The molecule has 0 aliphatic carbocycles. The van der Waals surface area contributed by atoms with Crippen LogP contribution in [0.5, 0.6) is 0 Å². The van der Waals surface area contributed by atoms with Crippen LogP contribution < -0.4 is 0 Å². The quantitative estimate of drug-likeness (QED) is 0.139. The van der Waals surface area contributed by atoms with Gasteiger partial charge in [-0.3, -0.25) is 0 Å². The van der Waals surface area contributed by atoms with E-state index in [0.29, 0.717) is 11.7 Å². The van der Waals surface area contributed by atoms with Gasteiger partial charge >= 0.3 is 0 Å². The highest BCUT2D eigenvalue weighted by atomic mass is 35.5. The molecule has 156 valence electrons. The highest BCUT2D eigenvalue weighted by Gasteiger charge is 2.09. The van der Waals surface area contributed by atoms with Crippen molar-refractivity contribution < 1.29 is 0 Å². The lowest BCUT2D eigenvalue weighted by molar-refractivity contribution is 1.32. The Morgan fingerprint density at radius 2 is 1.06 bits per heavy atom. The van der Waals surface area contributed by atoms with Crippen LogP contribution in [0.25, 0.3) is 22.3 Å².